The highest BCUT2D eigenvalue weighted by molar-refractivity contribution is 7.25. The van der Waals surface area contributed by atoms with Gasteiger partial charge in [-0.15, -0.1) is 11.3 Å². The molecule has 0 aliphatic carbocycles. The van der Waals surface area contributed by atoms with Crippen molar-refractivity contribution in [1.29, 1.82) is 0 Å². The van der Waals surface area contributed by atoms with Crippen molar-refractivity contribution in [2.75, 3.05) is 4.90 Å². The van der Waals surface area contributed by atoms with Gasteiger partial charge in [-0.25, -0.2) is 15.0 Å². The van der Waals surface area contributed by atoms with E-state index in [1.807, 2.05) is 72.0 Å². The van der Waals surface area contributed by atoms with E-state index in [0.29, 0.717) is 17.5 Å². The summed E-state index contributed by atoms with van der Waals surface area (Å²) >= 11 is 1.83. The number of thiophene rings is 1. The van der Waals surface area contributed by atoms with Crippen LogP contribution in [0.2, 0.25) is 0 Å². The van der Waals surface area contributed by atoms with E-state index in [-0.39, 0.29) is 0 Å². The van der Waals surface area contributed by atoms with Gasteiger partial charge in [-0.3, -0.25) is 0 Å². The molecule has 5 nitrogen and oxygen atoms in total. The second kappa shape index (κ2) is 13.7. The maximum atomic E-state index is 6.88. The van der Waals surface area contributed by atoms with Crippen LogP contribution in [0.3, 0.4) is 0 Å². The number of hydrogen-bond donors (Lipinski definition) is 0. The summed E-state index contributed by atoms with van der Waals surface area (Å²) in [4.78, 5) is 17.2. The van der Waals surface area contributed by atoms with Crippen LogP contribution in [0.1, 0.15) is 0 Å². The van der Waals surface area contributed by atoms with Crippen molar-refractivity contribution in [3.63, 3.8) is 0 Å². The molecule has 0 bridgehead atoms. The van der Waals surface area contributed by atoms with Crippen LogP contribution in [0.25, 0.3) is 87.4 Å². The Morgan fingerprint density at radius 2 is 0.930 bits per heavy atom. The lowest BCUT2D eigenvalue weighted by atomic mass is 9.97. The Bertz CT molecular complexity index is 3180. The molecule has 0 spiro atoms. The minimum absolute atomic E-state index is 0.584. The number of furan rings is 1. The third-order valence-corrected chi connectivity index (χ3v) is 11.6. The molecule has 0 atom stereocenters. The standard InChI is InChI=1S/C51H32N4OS/c1-5-15-33(16-6-1)43-30-39(55(37-21-11-4-12-22-37)38-26-28-41-40-23-13-14-24-46(40)57-47(41)32-38)31-45-48(43)42-27-25-36(29-44(42)56-45)51-53-49(34-17-7-2-8-18-34)52-50(54-51)35-19-9-3-10-20-35/h1-32H. The first-order chi connectivity index (χ1) is 28.2. The van der Waals surface area contributed by atoms with E-state index >= 15 is 0 Å². The third kappa shape index (κ3) is 5.91. The van der Waals surface area contributed by atoms with Crippen molar-refractivity contribution in [2.45, 2.75) is 0 Å². The van der Waals surface area contributed by atoms with Gasteiger partial charge < -0.3 is 9.32 Å². The summed E-state index contributed by atoms with van der Waals surface area (Å²) in [7, 11) is 0. The highest BCUT2D eigenvalue weighted by Gasteiger charge is 2.21. The molecule has 8 aromatic carbocycles. The Labute approximate surface area is 332 Å². The van der Waals surface area contributed by atoms with Crippen LogP contribution in [0.5, 0.6) is 0 Å². The Morgan fingerprint density at radius 3 is 1.61 bits per heavy atom. The third-order valence-electron chi connectivity index (χ3n) is 10.5. The summed E-state index contributed by atoms with van der Waals surface area (Å²) < 4.78 is 9.42. The van der Waals surface area contributed by atoms with Crippen molar-refractivity contribution < 1.29 is 4.42 Å². The molecule has 11 rings (SSSR count). The number of benzene rings is 8. The normalized spacial score (nSPS) is 11.5. The Balaban J connectivity index is 1.11. The van der Waals surface area contributed by atoms with Crippen LogP contribution in [0.4, 0.5) is 17.1 Å². The van der Waals surface area contributed by atoms with E-state index in [0.717, 1.165) is 66.8 Å². The molecule has 0 N–H and O–H groups in total. The summed E-state index contributed by atoms with van der Waals surface area (Å²) in [5.74, 6) is 1.82. The number of para-hydroxylation sites is 1. The zero-order valence-corrected chi connectivity index (χ0v) is 31.4. The molecular formula is C51H32N4OS. The fourth-order valence-electron chi connectivity index (χ4n) is 7.82. The smallest absolute Gasteiger partial charge is 0.164 e. The molecule has 57 heavy (non-hydrogen) atoms. The number of aromatic nitrogens is 3. The van der Waals surface area contributed by atoms with Gasteiger partial charge in [0.1, 0.15) is 11.2 Å². The van der Waals surface area contributed by atoms with Crippen LogP contribution in [-0.2, 0) is 0 Å². The van der Waals surface area contributed by atoms with E-state index in [1.165, 1.54) is 20.2 Å². The van der Waals surface area contributed by atoms with Gasteiger partial charge in [0, 0.05) is 65.1 Å². The molecule has 0 aliphatic rings. The second-order valence-corrected chi connectivity index (χ2v) is 15.1. The van der Waals surface area contributed by atoms with Gasteiger partial charge in [-0.2, -0.15) is 0 Å². The quantitative estimate of drug-likeness (QED) is 0.162. The van der Waals surface area contributed by atoms with Gasteiger partial charge >= 0.3 is 0 Å². The van der Waals surface area contributed by atoms with Crippen LogP contribution in [0, 0.1) is 0 Å². The second-order valence-electron chi connectivity index (χ2n) is 14.0. The molecule has 11 aromatic rings. The largest absolute Gasteiger partial charge is 0.456 e. The fourth-order valence-corrected chi connectivity index (χ4v) is 8.96. The average molecular weight is 749 g/mol. The minimum Gasteiger partial charge on any atom is -0.456 e. The Hall–Kier alpha value is -7.41. The summed E-state index contributed by atoms with van der Waals surface area (Å²) in [6.07, 6.45) is 0. The molecule has 0 amide bonds. The van der Waals surface area contributed by atoms with E-state index in [2.05, 4.69) is 138 Å². The highest BCUT2D eigenvalue weighted by Crippen LogP contribution is 2.45. The number of rotatable bonds is 7. The number of anilines is 3. The molecule has 0 radical (unpaired) electrons. The Morgan fingerprint density at radius 1 is 0.368 bits per heavy atom. The van der Waals surface area contributed by atoms with Gasteiger partial charge in [-0.05, 0) is 59.7 Å². The van der Waals surface area contributed by atoms with E-state index in [4.69, 9.17) is 19.4 Å². The Kier molecular flexibility index (Phi) is 7.93. The highest BCUT2D eigenvalue weighted by atomic mass is 32.1. The van der Waals surface area contributed by atoms with Crippen molar-refractivity contribution in [3.05, 3.63) is 194 Å². The van der Waals surface area contributed by atoms with Gasteiger partial charge in [0.25, 0.3) is 0 Å². The molecule has 0 fully saturated rings. The van der Waals surface area contributed by atoms with E-state index in [9.17, 15) is 0 Å². The fraction of sp³-hybridized carbons (Fsp3) is 0. The molecule has 268 valence electrons. The molecule has 3 aromatic heterocycles. The van der Waals surface area contributed by atoms with Crippen molar-refractivity contribution >= 4 is 70.5 Å². The summed E-state index contributed by atoms with van der Waals surface area (Å²) in [6, 6.07) is 67.4. The topological polar surface area (TPSA) is 55.1 Å². The van der Waals surface area contributed by atoms with Crippen LogP contribution < -0.4 is 4.90 Å². The first-order valence-electron chi connectivity index (χ1n) is 18.9. The molecule has 6 heteroatoms. The average Bonchev–Trinajstić information content (AvgIpc) is 3.85. The molecule has 0 unspecified atom stereocenters. The molecule has 0 aliphatic heterocycles. The summed E-state index contributed by atoms with van der Waals surface area (Å²) in [5, 5.41) is 4.64. The van der Waals surface area contributed by atoms with Crippen molar-refractivity contribution in [1.82, 2.24) is 15.0 Å². The maximum absolute atomic E-state index is 6.88. The number of hydrogen-bond acceptors (Lipinski definition) is 6. The van der Waals surface area contributed by atoms with Crippen LogP contribution in [0.15, 0.2) is 199 Å². The summed E-state index contributed by atoms with van der Waals surface area (Å²) in [5.41, 5.74) is 9.62. The van der Waals surface area contributed by atoms with Crippen molar-refractivity contribution in [2.24, 2.45) is 0 Å². The molecular weight excluding hydrogens is 717 g/mol. The van der Waals surface area contributed by atoms with E-state index < -0.39 is 0 Å². The zero-order chi connectivity index (χ0) is 37.7. The lowest BCUT2D eigenvalue weighted by molar-refractivity contribution is 0.669. The van der Waals surface area contributed by atoms with Gasteiger partial charge in [0.15, 0.2) is 17.5 Å². The first kappa shape index (κ1) is 33.0. The zero-order valence-electron chi connectivity index (χ0n) is 30.6. The minimum atomic E-state index is 0.584. The van der Waals surface area contributed by atoms with E-state index in [1.54, 1.807) is 0 Å². The number of nitrogens with zero attached hydrogens (tertiary/aromatic N) is 4. The molecule has 3 heterocycles. The first-order valence-corrected chi connectivity index (χ1v) is 19.7. The lowest BCUT2D eigenvalue weighted by Gasteiger charge is -2.26. The monoisotopic (exact) mass is 748 g/mol. The van der Waals surface area contributed by atoms with Gasteiger partial charge in [0.2, 0.25) is 0 Å². The van der Waals surface area contributed by atoms with Crippen LogP contribution in [-0.4, -0.2) is 15.0 Å². The SMILES string of the molecule is c1ccc(-c2nc(-c3ccccc3)nc(-c3ccc4c(c3)oc3cc(N(c5ccccc5)c5ccc6c(c5)sc5ccccc56)cc(-c5ccccc5)c34)n2)cc1. The van der Waals surface area contributed by atoms with Gasteiger partial charge in [-0.1, -0.05) is 140 Å². The van der Waals surface area contributed by atoms with Crippen LogP contribution >= 0.6 is 11.3 Å². The predicted octanol–water partition coefficient (Wildman–Crippen LogP) is 14.3. The predicted molar refractivity (Wildman–Crippen MR) is 236 cm³/mol. The lowest BCUT2D eigenvalue weighted by Crippen LogP contribution is -2.10. The maximum Gasteiger partial charge on any atom is 0.164 e. The van der Waals surface area contributed by atoms with Crippen molar-refractivity contribution in [3.8, 4) is 45.3 Å². The molecule has 0 saturated heterocycles. The molecule has 0 saturated carbocycles. The number of fused-ring (bicyclic) bond motifs is 6. The summed E-state index contributed by atoms with van der Waals surface area (Å²) in [6.45, 7) is 0. The van der Waals surface area contributed by atoms with Gasteiger partial charge in [0.05, 0.1) is 5.69 Å².